The van der Waals surface area contributed by atoms with Gasteiger partial charge in [0.15, 0.2) is 5.82 Å². The van der Waals surface area contributed by atoms with Crippen molar-refractivity contribution in [3.63, 3.8) is 0 Å². The number of rotatable bonds is 2. The molecule has 0 aromatic carbocycles. The highest BCUT2D eigenvalue weighted by Crippen LogP contribution is 2.02. The first kappa shape index (κ1) is 7.88. The van der Waals surface area contributed by atoms with Crippen LogP contribution in [0.15, 0.2) is 30.7 Å². The number of hydrogen-bond donors (Lipinski definition) is 1. The quantitative estimate of drug-likeness (QED) is 0.703. The molecular formula is C8H9N5. The molecule has 5 heteroatoms. The summed E-state index contributed by atoms with van der Waals surface area (Å²) < 4.78 is 1.65. The van der Waals surface area contributed by atoms with E-state index < -0.39 is 0 Å². The molecule has 0 bridgehead atoms. The van der Waals surface area contributed by atoms with Crippen molar-refractivity contribution >= 4 is 0 Å². The van der Waals surface area contributed by atoms with Crippen LogP contribution >= 0.6 is 0 Å². The van der Waals surface area contributed by atoms with Gasteiger partial charge in [0.25, 0.3) is 0 Å². The zero-order valence-electron chi connectivity index (χ0n) is 6.96. The highest BCUT2D eigenvalue weighted by Gasteiger charge is 1.99. The van der Waals surface area contributed by atoms with Crippen molar-refractivity contribution in [2.24, 2.45) is 5.73 Å². The lowest BCUT2D eigenvalue weighted by Gasteiger charge is -1.95. The van der Waals surface area contributed by atoms with Crippen LogP contribution in [0.4, 0.5) is 0 Å². The summed E-state index contributed by atoms with van der Waals surface area (Å²) in [7, 11) is 0. The van der Waals surface area contributed by atoms with E-state index in [1.165, 1.54) is 0 Å². The first-order chi connectivity index (χ1) is 6.40. The molecule has 0 aliphatic rings. The summed E-state index contributed by atoms with van der Waals surface area (Å²) in [6.45, 7) is 0.486. The number of nitrogens with zero attached hydrogens (tertiary/aromatic N) is 4. The number of nitrogens with two attached hydrogens (primary N) is 1. The molecule has 0 atom stereocenters. The molecule has 2 rings (SSSR count). The molecule has 0 amide bonds. The van der Waals surface area contributed by atoms with Crippen LogP contribution in [0, 0.1) is 0 Å². The van der Waals surface area contributed by atoms with E-state index in [0.717, 1.165) is 5.56 Å². The molecule has 2 aromatic heterocycles. The fraction of sp³-hybridized carbons (Fsp3) is 0.125. The molecule has 0 saturated carbocycles. The Balaban J connectivity index is 2.36. The van der Waals surface area contributed by atoms with Crippen LogP contribution in [0.2, 0.25) is 0 Å². The maximum atomic E-state index is 5.45. The molecule has 0 unspecified atom stereocenters. The Morgan fingerprint density at radius 2 is 2.38 bits per heavy atom. The molecule has 2 aromatic rings. The topological polar surface area (TPSA) is 69.6 Å². The maximum Gasteiger partial charge on any atom is 0.175 e. The third kappa shape index (κ3) is 1.54. The standard InChI is InChI=1S/C8H9N5/c9-4-7-5-11-13(6-7)8-2-1-3-10-12-8/h1-3,5-6H,4,9H2. The van der Waals surface area contributed by atoms with Crippen molar-refractivity contribution < 1.29 is 0 Å². The average molecular weight is 175 g/mol. The zero-order chi connectivity index (χ0) is 9.10. The third-order valence-electron chi connectivity index (χ3n) is 1.66. The molecule has 66 valence electrons. The van der Waals surface area contributed by atoms with Gasteiger partial charge in [-0.15, -0.1) is 5.10 Å². The van der Waals surface area contributed by atoms with E-state index in [9.17, 15) is 0 Å². The van der Waals surface area contributed by atoms with Gasteiger partial charge in [-0.3, -0.25) is 0 Å². The number of aromatic nitrogens is 4. The largest absolute Gasteiger partial charge is 0.326 e. The summed E-state index contributed by atoms with van der Waals surface area (Å²) in [5.74, 6) is 0.696. The van der Waals surface area contributed by atoms with Gasteiger partial charge in [-0.2, -0.15) is 10.2 Å². The Morgan fingerprint density at radius 3 is 3.00 bits per heavy atom. The first-order valence-electron chi connectivity index (χ1n) is 3.92. The van der Waals surface area contributed by atoms with Crippen LogP contribution in [0.5, 0.6) is 0 Å². The van der Waals surface area contributed by atoms with Gasteiger partial charge in [0.1, 0.15) is 0 Å². The lowest BCUT2D eigenvalue weighted by molar-refractivity contribution is 0.813. The maximum absolute atomic E-state index is 5.45. The zero-order valence-corrected chi connectivity index (χ0v) is 6.96. The van der Waals surface area contributed by atoms with Crippen LogP contribution in [0.25, 0.3) is 5.82 Å². The lowest BCUT2D eigenvalue weighted by atomic mass is 10.4. The van der Waals surface area contributed by atoms with Gasteiger partial charge in [-0.05, 0) is 12.1 Å². The molecule has 0 spiro atoms. The normalized spacial score (nSPS) is 10.2. The van der Waals surface area contributed by atoms with Crippen LogP contribution in [0.3, 0.4) is 0 Å². The minimum atomic E-state index is 0.486. The predicted octanol–water partition coefficient (Wildman–Crippen LogP) is 0.121. The van der Waals surface area contributed by atoms with Crippen molar-refractivity contribution in [1.82, 2.24) is 20.0 Å². The second kappa shape index (κ2) is 3.32. The molecule has 5 nitrogen and oxygen atoms in total. The third-order valence-corrected chi connectivity index (χ3v) is 1.66. The van der Waals surface area contributed by atoms with Crippen LogP contribution in [0.1, 0.15) is 5.56 Å². The van der Waals surface area contributed by atoms with E-state index >= 15 is 0 Å². The van der Waals surface area contributed by atoms with Crippen molar-refractivity contribution in [1.29, 1.82) is 0 Å². The molecule has 0 radical (unpaired) electrons. The van der Waals surface area contributed by atoms with Gasteiger partial charge in [-0.1, -0.05) is 0 Å². The van der Waals surface area contributed by atoms with Crippen molar-refractivity contribution in [2.45, 2.75) is 6.54 Å². The second-order valence-corrected chi connectivity index (χ2v) is 2.58. The van der Waals surface area contributed by atoms with Crippen molar-refractivity contribution in [3.05, 3.63) is 36.3 Å². The fourth-order valence-electron chi connectivity index (χ4n) is 1.01. The summed E-state index contributed by atoms with van der Waals surface area (Å²) in [5.41, 5.74) is 6.43. The SMILES string of the molecule is NCc1cnn(-c2cccnn2)c1. The minimum absolute atomic E-state index is 0.486. The fourth-order valence-corrected chi connectivity index (χ4v) is 1.01. The number of hydrogen-bond acceptors (Lipinski definition) is 4. The first-order valence-corrected chi connectivity index (χ1v) is 3.92. The summed E-state index contributed by atoms with van der Waals surface area (Å²) >= 11 is 0. The van der Waals surface area contributed by atoms with Gasteiger partial charge in [0.2, 0.25) is 0 Å². The van der Waals surface area contributed by atoms with Crippen LogP contribution in [-0.2, 0) is 6.54 Å². The highest BCUT2D eigenvalue weighted by atomic mass is 15.3. The van der Waals surface area contributed by atoms with Gasteiger partial charge in [0, 0.05) is 24.5 Å². The molecule has 2 heterocycles. The summed E-state index contributed by atoms with van der Waals surface area (Å²) in [5, 5.41) is 11.8. The molecule has 0 aliphatic carbocycles. The Bertz CT molecular complexity index is 380. The van der Waals surface area contributed by atoms with E-state index in [4.69, 9.17) is 5.73 Å². The smallest absolute Gasteiger partial charge is 0.175 e. The summed E-state index contributed by atoms with van der Waals surface area (Å²) in [4.78, 5) is 0. The van der Waals surface area contributed by atoms with Gasteiger partial charge >= 0.3 is 0 Å². The van der Waals surface area contributed by atoms with Gasteiger partial charge in [-0.25, -0.2) is 4.68 Å². The van der Waals surface area contributed by atoms with Crippen molar-refractivity contribution in [2.75, 3.05) is 0 Å². The Hall–Kier alpha value is -1.75. The molecule has 0 saturated heterocycles. The highest BCUT2D eigenvalue weighted by molar-refractivity contribution is 5.19. The predicted molar refractivity (Wildman–Crippen MR) is 47.0 cm³/mol. The second-order valence-electron chi connectivity index (χ2n) is 2.58. The molecular weight excluding hydrogens is 166 g/mol. The average Bonchev–Trinajstić information content (AvgIpc) is 2.67. The van der Waals surface area contributed by atoms with E-state index in [2.05, 4.69) is 15.3 Å². The van der Waals surface area contributed by atoms with E-state index in [-0.39, 0.29) is 0 Å². The Morgan fingerprint density at radius 1 is 1.46 bits per heavy atom. The van der Waals surface area contributed by atoms with E-state index in [1.54, 1.807) is 17.1 Å². The van der Waals surface area contributed by atoms with Gasteiger partial charge in [0.05, 0.1) is 6.20 Å². The van der Waals surface area contributed by atoms with Crippen LogP contribution < -0.4 is 5.73 Å². The molecule has 2 N–H and O–H groups in total. The molecule has 0 fully saturated rings. The minimum Gasteiger partial charge on any atom is -0.326 e. The Kier molecular flexibility index (Phi) is 2.01. The monoisotopic (exact) mass is 175 g/mol. The van der Waals surface area contributed by atoms with E-state index in [0.29, 0.717) is 12.4 Å². The molecule has 0 aliphatic heterocycles. The lowest BCUT2D eigenvalue weighted by Crippen LogP contribution is -1.98. The van der Waals surface area contributed by atoms with Crippen molar-refractivity contribution in [3.8, 4) is 5.82 Å². The van der Waals surface area contributed by atoms with Gasteiger partial charge < -0.3 is 5.73 Å². The Labute approximate surface area is 75.2 Å². The summed E-state index contributed by atoms with van der Waals surface area (Å²) in [6.07, 6.45) is 5.18. The van der Waals surface area contributed by atoms with Crippen LogP contribution in [-0.4, -0.2) is 20.0 Å². The van der Waals surface area contributed by atoms with E-state index in [1.807, 2.05) is 18.3 Å². The summed E-state index contributed by atoms with van der Waals surface area (Å²) in [6, 6.07) is 3.65. The molecule has 13 heavy (non-hydrogen) atoms.